The van der Waals surface area contributed by atoms with Crippen molar-refractivity contribution in [3.05, 3.63) is 76.9 Å². The van der Waals surface area contributed by atoms with Crippen LogP contribution in [-0.4, -0.2) is 0 Å². The van der Waals surface area contributed by atoms with Crippen molar-refractivity contribution < 1.29 is 0 Å². The number of allylic oxidation sites excluding steroid dienone is 2. The molecule has 116 valence electrons. The van der Waals surface area contributed by atoms with Gasteiger partial charge in [0.1, 0.15) is 0 Å². The smallest absolute Gasteiger partial charge is 0.0132 e. The fraction of sp³-hybridized carbons (Fsp3) is 0.364. The van der Waals surface area contributed by atoms with Gasteiger partial charge in [-0.25, -0.2) is 0 Å². The summed E-state index contributed by atoms with van der Waals surface area (Å²) in [5, 5.41) is 0. The molecule has 2 aromatic rings. The average Bonchev–Trinajstić information content (AvgIpc) is 2.48. The van der Waals surface area contributed by atoms with Gasteiger partial charge in [-0.05, 0) is 54.4 Å². The first-order chi connectivity index (χ1) is 10.4. The van der Waals surface area contributed by atoms with Crippen molar-refractivity contribution in [1.29, 1.82) is 0 Å². The Morgan fingerprint density at radius 3 is 2.05 bits per heavy atom. The van der Waals surface area contributed by atoms with Gasteiger partial charge in [0.25, 0.3) is 0 Å². The molecule has 22 heavy (non-hydrogen) atoms. The highest BCUT2D eigenvalue weighted by Gasteiger charge is 2.11. The molecule has 0 fully saturated rings. The lowest BCUT2D eigenvalue weighted by atomic mass is 9.87. The Balaban J connectivity index is 0.000000160. The summed E-state index contributed by atoms with van der Waals surface area (Å²) in [5.74, 6) is 0. The molecule has 0 radical (unpaired) electrons. The quantitative estimate of drug-likeness (QED) is 0.532. The van der Waals surface area contributed by atoms with E-state index in [-0.39, 0.29) is 5.41 Å². The van der Waals surface area contributed by atoms with Gasteiger partial charge in [-0.1, -0.05) is 80.9 Å². The summed E-state index contributed by atoms with van der Waals surface area (Å²) in [6.07, 6.45) is 4.75. The molecule has 0 heterocycles. The number of hydrogen-bond acceptors (Lipinski definition) is 0. The van der Waals surface area contributed by atoms with Gasteiger partial charge in [-0.15, -0.1) is 0 Å². The topological polar surface area (TPSA) is 0 Å². The van der Waals surface area contributed by atoms with E-state index < -0.39 is 0 Å². The standard InChI is InChI=1S/C11H12.C11H16/c1-9-5-4-7-10-6-2-3-8-11(9)10;1-9-5-7-10(8-6-9)11(2,3)4/h2-3,5-6,8H,4,7H2,1H3;5-8H,1-4H3. The zero-order chi connectivity index (χ0) is 16.2. The second kappa shape index (κ2) is 6.96. The van der Waals surface area contributed by atoms with Crippen molar-refractivity contribution in [3.8, 4) is 0 Å². The predicted molar refractivity (Wildman–Crippen MR) is 98.3 cm³/mol. The largest absolute Gasteiger partial charge is 0.0807 e. The Labute approximate surface area is 135 Å². The van der Waals surface area contributed by atoms with Crippen molar-refractivity contribution in [3.63, 3.8) is 0 Å². The minimum Gasteiger partial charge on any atom is -0.0807 e. The van der Waals surface area contributed by atoms with Crippen molar-refractivity contribution in [2.24, 2.45) is 0 Å². The molecule has 2 aromatic carbocycles. The highest BCUT2D eigenvalue weighted by molar-refractivity contribution is 5.68. The Morgan fingerprint density at radius 2 is 1.45 bits per heavy atom. The normalized spacial score (nSPS) is 13.6. The predicted octanol–water partition coefficient (Wildman–Crippen LogP) is 6.33. The molecule has 0 aliphatic heterocycles. The minimum absolute atomic E-state index is 0.285. The van der Waals surface area contributed by atoms with E-state index in [0.717, 1.165) is 0 Å². The van der Waals surface area contributed by atoms with Gasteiger partial charge in [0.2, 0.25) is 0 Å². The molecular formula is C22H28. The lowest BCUT2D eigenvalue weighted by Crippen LogP contribution is -2.10. The lowest BCUT2D eigenvalue weighted by Gasteiger charge is -2.18. The van der Waals surface area contributed by atoms with E-state index in [2.05, 4.69) is 89.2 Å². The summed E-state index contributed by atoms with van der Waals surface area (Å²) in [4.78, 5) is 0. The van der Waals surface area contributed by atoms with E-state index in [9.17, 15) is 0 Å². The molecule has 0 saturated heterocycles. The number of aryl methyl sites for hydroxylation is 2. The van der Waals surface area contributed by atoms with Crippen LogP contribution in [0.5, 0.6) is 0 Å². The van der Waals surface area contributed by atoms with Crippen LogP contribution in [0.3, 0.4) is 0 Å². The first kappa shape index (κ1) is 16.5. The average molecular weight is 292 g/mol. The molecule has 3 rings (SSSR count). The van der Waals surface area contributed by atoms with E-state index >= 15 is 0 Å². The first-order valence-corrected chi connectivity index (χ1v) is 8.20. The van der Waals surface area contributed by atoms with E-state index in [1.54, 1.807) is 0 Å². The maximum absolute atomic E-state index is 2.32. The van der Waals surface area contributed by atoms with Crippen LogP contribution in [0.4, 0.5) is 0 Å². The molecule has 0 nitrogen and oxygen atoms in total. The third-order valence-corrected chi connectivity index (χ3v) is 4.22. The molecule has 0 atom stereocenters. The van der Waals surface area contributed by atoms with Gasteiger partial charge in [0.15, 0.2) is 0 Å². The Morgan fingerprint density at radius 1 is 0.818 bits per heavy atom. The van der Waals surface area contributed by atoms with Gasteiger partial charge in [-0.2, -0.15) is 0 Å². The monoisotopic (exact) mass is 292 g/mol. The van der Waals surface area contributed by atoms with Crippen LogP contribution in [0.1, 0.15) is 56.4 Å². The summed E-state index contributed by atoms with van der Waals surface area (Å²) in [6, 6.07) is 17.4. The molecule has 0 saturated carbocycles. The highest BCUT2D eigenvalue weighted by atomic mass is 14.2. The maximum Gasteiger partial charge on any atom is -0.0132 e. The third-order valence-electron chi connectivity index (χ3n) is 4.22. The summed E-state index contributed by atoms with van der Waals surface area (Å²) in [5.41, 5.74) is 7.41. The molecule has 0 heteroatoms. The van der Waals surface area contributed by atoms with Crippen LogP contribution in [-0.2, 0) is 11.8 Å². The minimum atomic E-state index is 0.285. The zero-order valence-electron chi connectivity index (χ0n) is 14.6. The number of fused-ring (bicyclic) bond motifs is 1. The van der Waals surface area contributed by atoms with E-state index in [0.29, 0.717) is 0 Å². The molecule has 0 aromatic heterocycles. The highest BCUT2D eigenvalue weighted by Crippen LogP contribution is 2.25. The van der Waals surface area contributed by atoms with Crippen LogP contribution in [0.25, 0.3) is 5.57 Å². The second-order valence-electron chi connectivity index (χ2n) is 7.20. The molecule has 1 aliphatic carbocycles. The maximum atomic E-state index is 2.32. The zero-order valence-corrected chi connectivity index (χ0v) is 14.6. The second-order valence-corrected chi connectivity index (χ2v) is 7.20. The van der Waals surface area contributed by atoms with Gasteiger partial charge < -0.3 is 0 Å². The molecule has 0 spiro atoms. The van der Waals surface area contributed by atoms with E-state index in [1.165, 1.54) is 40.7 Å². The first-order valence-electron chi connectivity index (χ1n) is 8.20. The van der Waals surface area contributed by atoms with Crippen LogP contribution >= 0.6 is 0 Å². The number of rotatable bonds is 0. The van der Waals surface area contributed by atoms with Crippen molar-refractivity contribution in [1.82, 2.24) is 0 Å². The van der Waals surface area contributed by atoms with Gasteiger partial charge >= 0.3 is 0 Å². The molecular weight excluding hydrogens is 264 g/mol. The Bertz CT molecular complexity index is 636. The SMILES string of the molecule is CC1=CCCc2ccccc21.Cc1ccc(C(C)(C)C)cc1. The summed E-state index contributed by atoms with van der Waals surface area (Å²) < 4.78 is 0. The van der Waals surface area contributed by atoms with Gasteiger partial charge in [-0.3, -0.25) is 0 Å². The van der Waals surface area contributed by atoms with Crippen LogP contribution < -0.4 is 0 Å². The molecule has 0 amide bonds. The van der Waals surface area contributed by atoms with Crippen molar-refractivity contribution in [2.75, 3.05) is 0 Å². The summed E-state index contributed by atoms with van der Waals surface area (Å²) in [6.45, 7) is 11.0. The van der Waals surface area contributed by atoms with E-state index in [4.69, 9.17) is 0 Å². The Hall–Kier alpha value is -1.82. The molecule has 0 bridgehead atoms. The number of benzene rings is 2. The van der Waals surface area contributed by atoms with Crippen LogP contribution in [0, 0.1) is 6.92 Å². The fourth-order valence-electron chi connectivity index (χ4n) is 2.73. The third kappa shape index (κ3) is 4.34. The molecule has 0 N–H and O–H groups in total. The summed E-state index contributed by atoms with van der Waals surface area (Å²) >= 11 is 0. The number of hydrogen-bond donors (Lipinski definition) is 0. The van der Waals surface area contributed by atoms with Gasteiger partial charge in [0, 0.05) is 0 Å². The van der Waals surface area contributed by atoms with Crippen LogP contribution in [0.2, 0.25) is 0 Å². The molecule has 1 aliphatic rings. The van der Waals surface area contributed by atoms with E-state index in [1.807, 2.05) is 0 Å². The van der Waals surface area contributed by atoms with Crippen LogP contribution in [0.15, 0.2) is 54.6 Å². The molecule has 0 unspecified atom stereocenters. The lowest BCUT2D eigenvalue weighted by molar-refractivity contribution is 0.590. The summed E-state index contributed by atoms with van der Waals surface area (Å²) in [7, 11) is 0. The van der Waals surface area contributed by atoms with Crippen molar-refractivity contribution in [2.45, 2.75) is 52.9 Å². The fourth-order valence-corrected chi connectivity index (χ4v) is 2.73. The Kier molecular flexibility index (Phi) is 5.24. The van der Waals surface area contributed by atoms with Gasteiger partial charge in [0.05, 0.1) is 0 Å². The van der Waals surface area contributed by atoms with Crippen molar-refractivity contribution >= 4 is 5.57 Å².